The highest BCUT2D eigenvalue weighted by atomic mass is 16.5. The Bertz CT molecular complexity index is 1990. The van der Waals surface area contributed by atoms with Crippen molar-refractivity contribution in [3.63, 3.8) is 0 Å². The van der Waals surface area contributed by atoms with E-state index in [2.05, 4.69) is 44.9 Å². The number of benzene rings is 3. The summed E-state index contributed by atoms with van der Waals surface area (Å²) in [4.78, 5) is 59.3. The number of hydrogen-bond donors (Lipinski definition) is 3. The first-order valence-electron chi connectivity index (χ1n) is 16.8. The van der Waals surface area contributed by atoms with Gasteiger partial charge in [-0.2, -0.15) is 0 Å². The fourth-order valence-corrected chi connectivity index (χ4v) is 7.06. The van der Waals surface area contributed by atoms with Crippen LogP contribution in [0.3, 0.4) is 0 Å². The molecular weight excluding hydrogens is 638 g/mol. The molecule has 3 aromatic carbocycles. The van der Waals surface area contributed by atoms with Crippen molar-refractivity contribution < 1.29 is 33.8 Å². The van der Waals surface area contributed by atoms with Crippen LogP contribution in [0.4, 0.5) is 5.69 Å². The summed E-state index contributed by atoms with van der Waals surface area (Å²) in [7, 11) is 0. The summed E-state index contributed by atoms with van der Waals surface area (Å²) in [6.45, 7) is 1.62. The highest BCUT2D eigenvalue weighted by Crippen LogP contribution is 2.54. The lowest BCUT2D eigenvalue weighted by Gasteiger charge is -2.36. The van der Waals surface area contributed by atoms with Gasteiger partial charge >= 0.3 is 0 Å². The molecule has 12 nitrogen and oxygen atoms in total. The average Bonchev–Trinajstić information content (AvgIpc) is 3.87. The van der Waals surface area contributed by atoms with Gasteiger partial charge in [0, 0.05) is 36.4 Å². The molecule has 0 unspecified atom stereocenters. The number of piperidine rings is 1. The van der Waals surface area contributed by atoms with Crippen LogP contribution in [-0.2, 0) is 15.0 Å². The van der Waals surface area contributed by atoms with Gasteiger partial charge in [0.1, 0.15) is 29.7 Å². The van der Waals surface area contributed by atoms with Gasteiger partial charge in [0.2, 0.25) is 11.8 Å². The fourth-order valence-electron chi connectivity index (χ4n) is 7.06. The SMILES string of the molecule is C[C@@H](O)c1ncc(Oc2ccc(C3(c4ccc(OC5CC(Nc6ccc7c(c6)C(=O)N([C@@H]6CCC(=O)NC6=O)C7=O)C5)cc4)CC3)cc2)cn1. The molecule has 0 radical (unpaired) electrons. The van der Waals surface area contributed by atoms with Crippen LogP contribution in [0.2, 0.25) is 0 Å². The first-order valence-corrected chi connectivity index (χ1v) is 16.8. The Hall–Kier alpha value is -5.62. The summed E-state index contributed by atoms with van der Waals surface area (Å²) in [5.74, 6) is 0.295. The predicted molar refractivity (Wildman–Crippen MR) is 180 cm³/mol. The van der Waals surface area contributed by atoms with E-state index in [9.17, 15) is 24.3 Å². The summed E-state index contributed by atoms with van der Waals surface area (Å²) in [6, 6.07) is 20.7. The van der Waals surface area contributed by atoms with E-state index in [1.165, 1.54) is 11.1 Å². The van der Waals surface area contributed by atoms with E-state index in [4.69, 9.17) is 9.47 Å². The summed E-state index contributed by atoms with van der Waals surface area (Å²) >= 11 is 0. The summed E-state index contributed by atoms with van der Waals surface area (Å²) in [5.41, 5.74) is 3.69. The molecule has 4 aliphatic rings. The normalized spacial score (nSPS) is 22.7. The standard InChI is InChI=1S/C38H35N5O7/c1-21(44)34-39-19-29(20-40-34)50-27-9-4-23(5-10-27)38(14-15-38)22-2-7-26(8-3-22)49-28-16-25(17-28)41-24-6-11-30-31(18-24)37(48)43(36(30)47)32-12-13-33(45)42-35(32)46/h2-11,18-21,25,28,32,41,44H,12-17H2,1H3,(H,42,45,46)/t21-,25?,28?,32-/m1/s1. The summed E-state index contributed by atoms with van der Waals surface area (Å²) in [5, 5.41) is 15.3. The number of anilines is 1. The third-order valence-corrected chi connectivity index (χ3v) is 10.0. The van der Waals surface area contributed by atoms with Crippen LogP contribution in [-0.4, -0.2) is 61.8 Å². The maximum Gasteiger partial charge on any atom is 0.262 e. The van der Waals surface area contributed by atoms with Crippen LogP contribution in [0.25, 0.3) is 0 Å². The molecule has 1 saturated heterocycles. The third-order valence-electron chi connectivity index (χ3n) is 10.0. The van der Waals surface area contributed by atoms with Crippen molar-refractivity contribution in [3.8, 4) is 17.2 Å². The van der Waals surface area contributed by atoms with E-state index in [-0.39, 0.29) is 41.5 Å². The first kappa shape index (κ1) is 31.6. The van der Waals surface area contributed by atoms with Crippen molar-refractivity contribution in [1.29, 1.82) is 0 Å². The molecule has 2 aliphatic carbocycles. The van der Waals surface area contributed by atoms with Gasteiger partial charge in [0.15, 0.2) is 11.6 Å². The number of nitrogens with zero attached hydrogens (tertiary/aromatic N) is 3. The molecule has 8 rings (SSSR count). The summed E-state index contributed by atoms with van der Waals surface area (Å²) in [6.07, 6.45) is 6.32. The van der Waals surface area contributed by atoms with Crippen LogP contribution in [0, 0.1) is 0 Å². The number of amides is 4. The second-order valence-corrected chi connectivity index (χ2v) is 13.4. The smallest absolute Gasteiger partial charge is 0.262 e. The molecule has 4 amide bonds. The highest BCUT2D eigenvalue weighted by Gasteiger charge is 2.46. The second kappa shape index (κ2) is 12.4. The van der Waals surface area contributed by atoms with Gasteiger partial charge in [-0.25, -0.2) is 9.97 Å². The van der Waals surface area contributed by atoms with Crippen molar-refractivity contribution in [2.75, 3.05) is 5.32 Å². The number of aliphatic hydroxyl groups excluding tert-OH is 1. The molecule has 2 atom stereocenters. The van der Waals surface area contributed by atoms with Crippen molar-refractivity contribution >= 4 is 29.3 Å². The molecule has 2 aliphatic heterocycles. The molecule has 3 heterocycles. The number of carbonyl (C=O) groups is 4. The highest BCUT2D eigenvalue weighted by molar-refractivity contribution is 6.23. The zero-order valence-corrected chi connectivity index (χ0v) is 27.3. The van der Waals surface area contributed by atoms with Gasteiger partial charge in [0.05, 0.1) is 23.5 Å². The predicted octanol–water partition coefficient (Wildman–Crippen LogP) is 4.83. The second-order valence-electron chi connectivity index (χ2n) is 13.4. The van der Waals surface area contributed by atoms with Gasteiger partial charge in [-0.15, -0.1) is 0 Å². The average molecular weight is 674 g/mol. The molecule has 12 heteroatoms. The Balaban J connectivity index is 0.839. The number of hydrogen-bond acceptors (Lipinski definition) is 10. The molecule has 0 spiro atoms. The Morgan fingerprint density at radius 1 is 0.860 bits per heavy atom. The van der Waals surface area contributed by atoms with Crippen LogP contribution in [0.15, 0.2) is 79.1 Å². The van der Waals surface area contributed by atoms with Gasteiger partial charge < -0.3 is 19.9 Å². The number of nitrogens with one attached hydrogen (secondary N) is 2. The van der Waals surface area contributed by atoms with E-state index >= 15 is 0 Å². The molecule has 0 bridgehead atoms. The van der Waals surface area contributed by atoms with Crippen molar-refractivity contribution in [1.82, 2.24) is 20.2 Å². The van der Waals surface area contributed by atoms with Gasteiger partial charge in [-0.05, 0) is 79.8 Å². The van der Waals surface area contributed by atoms with E-state index in [1.807, 2.05) is 24.3 Å². The van der Waals surface area contributed by atoms with Crippen molar-refractivity contribution in [2.45, 2.75) is 75.2 Å². The topological polar surface area (TPSA) is 160 Å². The minimum absolute atomic E-state index is 0.0225. The Morgan fingerprint density at radius 3 is 2.12 bits per heavy atom. The van der Waals surface area contributed by atoms with E-state index in [1.54, 1.807) is 37.5 Å². The Morgan fingerprint density at radius 2 is 1.50 bits per heavy atom. The number of carbonyl (C=O) groups excluding carboxylic acids is 4. The molecule has 3 fully saturated rings. The molecular formula is C38H35N5O7. The fraction of sp³-hybridized carbons (Fsp3) is 0.316. The Labute approximate surface area is 287 Å². The van der Waals surface area contributed by atoms with Crippen molar-refractivity contribution in [2.24, 2.45) is 0 Å². The van der Waals surface area contributed by atoms with Gasteiger partial charge in [-0.3, -0.25) is 29.4 Å². The Kier molecular flexibility index (Phi) is 7.82. The van der Waals surface area contributed by atoms with E-state index < -0.39 is 35.8 Å². The number of rotatable bonds is 10. The maximum atomic E-state index is 13.2. The number of fused-ring (bicyclic) bond motifs is 1. The van der Waals surface area contributed by atoms with Crippen molar-refractivity contribution in [3.05, 3.63) is 107 Å². The van der Waals surface area contributed by atoms with Crippen LogP contribution >= 0.6 is 0 Å². The quantitative estimate of drug-likeness (QED) is 0.199. The lowest BCUT2D eigenvalue weighted by Crippen LogP contribution is -2.54. The summed E-state index contributed by atoms with van der Waals surface area (Å²) < 4.78 is 12.2. The molecule has 3 N–H and O–H groups in total. The van der Waals surface area contributed by atoms with Crippen LogP contribution in [0.1, 0.15) is 89.2 Å². The van der Waals surface area contributed by atoms with E-state index in [0.29, 0.717) is 17.3 Å². The zero-order valence-electron chi connectivity index (χ0n) is 27.3. The molecule has 254 valence electrons. The molecule has 4 aromatic rings. The van der Waals surface area contributed by atoms with Gasteiger partial charge in [-0.1, -0.05) is 24.3 Å². The number of ether oxygens (including phenoxy) is 2. The van der Waals surface area contributed by atoms with Crippen LogP contribution < -0.4 is 20.1 Å². The number of aliphatic hydroxyl groups is 1. The first-order chi connectivity index (χ1) is 24.2. The lowest BCUT2D eigenvalue weighted by atomic mass is 9.87. The largest absolute Gasteiger partial charge is 0.490 e. The molecule has 1 aromatic heterocycles. The monoisotopic (exact) mass is 673 g/mol. The minimum atomic E-state index is -0.985. The molecule has 50 heavy (non-hydrogen) atoms. The number of aromatic nitrogens is 2. The lowest BCUT2D eigenvalue weighted by molar-refractivity contribution is -0.136. The van der Waals surface area contributed by atoms with E-state index in [0.717, 1.165) is 42.0 Å². The molecule has 2 saturated carbocycles. The van der Waals surface area contributed by atoms with Crippen LogP contribution in [0.5, 0.6) is 17.2 Å². The third kappa shape index (κ3) is 5.85. The zero-order chi connectivity index (χ0) is 34.6. The maximum absolute atomic E-state index is 13.2. The number of imide groups is 2. The van der Waals surface area contributed by atoms with Gasteiger partial charge in [0.25, 0.3) is 11.8 Å². The minimum Gasteiger partial charge on any atom is -0.490 e.